The van der Waals surface area contributed by atoms with Gasteiger partial charge in [-0.05, 0) is 61.0 Å². The van der Waals surface area contributed by atoms with Gasteiger partial charge in [0.1, 0.15) is 0 Å². The van der Waals surface area contributed by atoms with E-state index in [9.17, 15) is 9.59 Å². The fourth-order valence-corrected chi connectivity index (χ4v) is 4.34. The van der Waals surface area contributed by atoms with Crippen LogP contribution in [-0.2, 0) is 13.1 Å². The van der Waals surface area contributed by atoms with Crippen molar-refractivity contribution in [1.29, 1.82) is 0 Å². The number of hydrogen-bond acceptors (Lipinski definition) is 2. The molecule has 0 atom stereocenters. The molecular formula is C25H28ClN3O2. The standard InChI is InChI=1S/C25H28ClN3O2/c1-17-7-12-23-19(13-17)14-20(24(30)28-23)16-29(15-18-8-10-21(26)11-9-18)25(31)27-22-5-3-2-4-6-22/h7-14,22H,2-6,15-16H2,1H3,(H,27,31)(H,28,30). The third-order valence-electron chi connectivity index (χ3n) is 5.94. The number of nitrogens with one attached hydrogen (secondary N) is 2. The molecule has 0 radical (unpaired) electrons. The molecule has 162 valence electrons. The van der Waals surface area contributed by atoms with Crippen LogP contribution in [-0.4, -0.2) is 22.0 Å². The molecule has 1 aromatic heterocycles. The van der Waals surface area contributed by atoms with Crippen LogP contribution in [0.1, 0.15) is 48.8 Å². The Hall–Kier alpha value is -2.79. The Kier molecular flexibility index (Phi) is 6.62. The average molecular weight is 438 g/mol. The minimum absolute atomic E-state index is 0.134. The van der Waals surface area contributed by atoms with Gasteiger partial charge in [0.25, 0.3) is 5.56 Å². The second-order valence-electron chi connectivity index (χ2n) is 8.48. The van der Waals surface area contributed by atoms with E-state index in [1.807, 2.05) is 55.5 Å². The molecule has 6 heteroatoms. The number of benzene rings is 2. The number of aromatic amines is 1. The number of carbonyl (C=O) groups is 1. The fraction of sp³-hybridized carbons (Fsp3) is 0.360. The zero-order valence-electron chi connectivity index (χ0n) is 17.8. The highest BCUT2D eigenvalue weighted by Crippen LogP contribution is 2.19. The molecule has 1 saturated carbocycles. The molecule has 0 bridgehead atoms. The van der Waals surface area contributed by atoms with Crippen LogP contribution in [0.5, 0.6) is 0 Å². The first-order valence-corrected chi connectivity index (χ1v) is 11.3. The van der Waals surface area contributed by atoms with Gasteiger partial charge < -0.3 is 15.2 Å². The Labute approximate surface area is 187 Å². The number of amides is 2. The van der Waals surface area contributed by atoms with E-state index in [2.05, 4.69) is 10.3 Å². The van der Waals surface area contributed by atoms with Gasteiger partial charge in [0.05, 0.1) is 6.54 Å². The highest BCUT2D eigenvalue weighted by atomic mass is 35.5. The molecular weight excluding hydrogens is 410 g/mol. The lowest BCUT2D eigenvalue weighted by Crippen LogP contribution is -2.45. The normalized spacial score (nSPS) is 14.5. The minimum atomic E-state index is -0.164. The molecule has 5 nitrogen and oxygen atoms in total. The number of pyridine rings is 1. The van der Waals surface area contributed by atoms with Crippen molar-refractivity contribution in [2.24, 2.45) is 0 Å². The fourth-order valence-electron chi connectivity index (χ4n) is 4.22. The summed E-state index contributed by atoms with van der Waals surface area (Å²) < 4.78 is 0. The van der Waals surface area contributed by atoms with Crippen LogP contribution in [0, 0.1) is 6.92 Å². The van der Waals surface area contributed by atoms with Crippen molar-refractivity contribution in [2.75, 3.05) is 0 Å². The van der Waals surface area contributed by atoms with Crippen LogP contribution in [0.2, 0.25) is 5.02 Å². The smallest absolute Gasteiger partial charge is 0.318 e. The van der Waals surface area contributed by atoms with Gasteiger partial charge in [-0.2, -0.15) is 0 Å². The van der Waals surface area contributed by atoms with Crippen LogP contribution >= 0.6 is 11.6 Å². The first-order valence-electron chi connectivity index (χ1n) is 10.9. The molecule has 2 amide bonds. The van der Waals surface area contributed by atoms with Crippen molar-refractivity contribution in [2.45, 2.75) is 58.2 Å². The average Bonchev–Trinajstić information content (AvgIpc) is 2.76. The first-order chi connectivity index (χ1) is 15.0. The SMILES string of the molecule is Cc1ccc2[nH]c(=O)c(CN(Cc3ccc(Cl)cc3)C(=O)NC3CCCCC3)cc2c1. The highest BCUT2D eigenvalue weighted by Gasteiger charge is 2.21. The molecule has 0 aliphatic heterocycles. The molecule has 2 N–H and O–H groups in total. The molecule has 0 saturated heterocycles. The summed E-state index contributed by atoms with van der Waals surface area (Å²) in [4.78, 5) is 30.6. The number of hydrogen-bond donors (Lipinski definition) is 2. The van der Waals surface area contributed by atoms with E-state index in [4.69, 9.17) is 11.6 Å². The van der Waals surface area contributed by atoms with E-state index in [1.165, 1.54) is 6.42 Å². The Balaban J connectivity index is 1.60. The zero-order valence-corrected chi connectivity index (χ0v) is 18.5. The number of aryl methyl sites for hydroxylation is 1. The topological polar surface area (TPSA) is 65.2 Å². The lowest BCUT2D eigenvalue weighted by molar-refractivity contribution is 0.184. The second kappa shape index (κ2) is 9.56. The van der Waals surface area contributed by atoms with Crippen molar-refractivity contribution in [3.63, 3.8) is 0 Å². The summed E-state index contributed by atoms with van der Waals surface area (Å²) in [6, 6.07) is 15.4. The molecule has 1 heterocycles. The molecule has 4 rings (SSSR count). The number of H-pyrrole nitrogens is 1. The molecule has 1 fully saturated rings. The third kappa shape index (κ3) is 5.47. The number of halogens is 1. The van der Waals surface area contributed by atoms with Gasteiger partial charge in [-0.3, -0.25) is 4.79 Å². The largest absolute Gasteiger partial charge is 0.335 e. The molecule has 0 spiro atoms. The van der Waals surface area contributed by atoms with Crippen molar-refractivity contribution < 1.29 is 4.79 Å². The Morgan fingerprint density at radius 1 is 1.06 bits per heavy atom. The Morgan fingerprint density at radius 3 is 2.55 bits per heavy atom. The number of fused-ring (bicyclic) bond motifs is 1. The van der Waals surface area contributed by atoms with Gasteiger partial charge >= 0.3 is 6.03 Å². The zero-order chi connectivity index (χ0) is 21.8. The third-order valence-corrected chi connectivity index (χ3v) is 6.20. The van der Waals surface area contributed by atoms with E-state index in [-0.39, 0.29) is 24.2 Å². The first kappa shape index (κ1) is 21.4. The van der Waals surface area contributed by atoms with Gasteiger partial charge in [-0.15, -0.1) is 0 Å². The summed E-state index contributed by atoms with van der Waals surface area (Å²) in [7, 11) is 0. The molecule has 31 heavy (non-hydrogen) atoms. The van der Waals surface area contributed by atoms with Crippen molar-refractivity contribution in [1.82, 2.24) is 15.2 Å². The molecule has 2 aromatic carbocycles. The minimum Gasteiger partial charge on any atom is -0.335 e. The Morgan fingerprint density at radius 2 is 1.81 bits per heavy atom. The van der Waals surface area contributed by atoms with Gasteiger partial charge in [-0.1, -0.05) is 54.6 Å². The monoisotopic (exact) mass is 437 g/mol. The summed E-state index contributed by atoms with van der Waals surface area (Å²) in [5.74, 6) is 0. The van der Waals surface area contributed by atoms with Crippen molar-refractivity contribution >= 4 is 28.5 Å². The summed E-state index contributed by atoms with van der Waals surface area (Å²) in [6.45, 7) is 2.66. The van der Waals surface area contributed by atoms with Crippen LogP contribution in [0.25, 0.3) is 10.9 Å². The molecule has 1 aliphatic rings. The predicted octanol–water partition coefficient (Wildman–Crippen LogP) is 5.53. The number of nitrogens with zero attached hydrogens (tertiary/aromatic N) is 1. The van der Waals surface area contributed by atoms with Crippen molar-refractivity contribution in [3.05, 3.63) is 80.6 Å². The number of urea groups is 1. The van der Waals surface area contributed by atoms with Crippen LogP contribution in [0.4, 0.5) is 4.79 Å². The maximum absolute atomic E-state index is 13.2. The second-order valence-corrected chi connectivity index (χ2v) is 8.92. The number of carbonyl (C=O) groups excluding carboxylic acids is 1. The molecule has 0 unspecified atom stereocenters. The maximum atomic E-state index is 13.2. The highest BCUT2D eigenvalue weighted by molar-refractivity contribution is 6.30. The van der Waals surface area contributed by atoms with Crippen LogP contribution in [0.3, 0.4) is 0 Å². The maximum Gasteiger partial charge on any atom is 0.318 e. The van der Waals surface area contributed by atoms with Gasteiger partial charge in [0.2, 0.25) is 0 Å². The van der Waals surface area contributed by atoms with E-state index >= 15 is 0 Å². The van der Waals surface area contributed by atoms with Gasteiger partial charge in [0, 0.05) is 28.7 Å². The lowest BCUT2D eigenvalue weighted by Gasteiger charge is -2.28. The molecule has 1 aliphatic carbocycles. The van der Waals surface area contributed by atoms with Crippen LogP contribution < -0.4 is 10.9 Å². The lowest BCUT2D eigenvalue weighted by atomic mass is 9.96. The summed E-state index contributed by atoms with van der Waals surface area (Å²) in [6.07, 6.45) is 5.54. The van der Waals surface area contributed by atoms with E-state index in [0.717, 1.165) is 47.7 Å². The predicted molar refractivity (Wildman–Crippen MR) is 125 cm³/mol. The van der Waals surface area contributed by atoms with Crippen molar-refractivity contribution in [3.8, 4) is 0 Å². The summed E-state index contributed by atoms with van der Waals surface area (Å²) in [5, 5.41) is 4.81. The quantitative estimate of drug-likeness (QED) is 0.550. The van der Waals surface area contributed by atoms with E-state index in [1.54, 1.807) is 4.90 Å². The number of rotatable bonds is 5. The molecule has 3 aromatic rings. The van der Waals surface area contributed by atoms with E-state index < -0.39 is 0 Å². The Bertz CT molecular complexity index is 1120. The summed E-state index contributed by atoms with van der Waals surface area (Å²) >= 11 is 6.02. The van der Waals surface area contributed by atoms with Gasteiger partial charge in [-0.25, -0.2) is 4.79 Å². The van der Waals surface area contributed by atoms with Gasteiger partial charge in [0.15, 0.2) is 0 Å². The number of aromatic nitrogens is 1. The van der Waals surface area contributed by atoms with Crippen LogP contribution in [0.15, 0.2) is 53.3 Å². The summed E-state index contributed by atoms with van der Waals surface area (Å²) in [5.41, 5.74) is 3.30. The van der Waals surface area contributed by atoms with E-state index in [0.29, 0.717) is 17.1 Å².